The minimum absolute atomic E-state index is 0.0462. The third-order valence-corrected chi connectivity index (χ3v) is 8.90. The van der Waals surface area contributed by atoms with Gasteiger partial charge >= 0.3 is 0 Å². The molecule has 172 valence electrons. The van der Waals surface area contributed by atoms with Crippen molar-refractivity contribution in [2.75, 3.05) is 39.1 Å². The number of halogens is 1. The lowest BCUT2D eigenvalue weighted by atomic mass is 10.0. The van der Waals surface area contributed by atoms with E-state index in [9.17, 15) is 22.4 Å². The average Bonchev–Trinajstić information content (AvgIpc) is 3.24. The number of carbonyl (C=O) groups is 2. The monoisotopic (exact) mass is 481 g/mol. The normalized spacial score (nSPS) is 18.0. The number of amides is 2. The summed E-state index contributed by atoms with van der Waals surface area (Å²) in [6, 6.07) is 1.81. The van der Waals surface area contributed by atoms with E-state index in [0.717, 1.165) is 24.9 Å². The fraction of sp³-hybridized carbons (Fsp3) is 0.524. The Hall–Kier alpha value is -2.44. The predicted octanol–water partition coefficient (Wildman–Crippen LogP) is 0.659. The maximum Gasteiger partial charge on any atom is 0.264 e. The van der Waals surface area contributed by atoms with Crippen LogP contribution in [0.1, 0.15) is 33.5 Å². The molecule has 11 heteroatoms. The van der Waals surface area contributed by atoms with Gasteiger partial charge in [0.2, 0.25) is 0 Å². The topological polar surface area (TPSA) is 107 Å². The summed E-state index contributed by atoms with van der Waals surface area (Å²) in [7, 11) is -3.83. The maximum atomic E-state index is 12.7. The van der Waals surface area contributed by atoms with Crippen LogP contribution in [0.15, 0.2) is 6.07 Å². The number of hydrogen-bond acceptors (Lipinski definition) is 7. The number of hydroxylamine groups is 1. The van der Waals surface area contributed by atoms with Crippen LogP contribution in [0.5, 0.6) is 0 Å². The van der Waals surface area contributed by atoms with E-state index >= 15 is 0 Å². The van der Waals surface area contributed by atoms with Gasteiger partial charge in [0, 0.05) is 44.9 Å². The summed E-state index contributed by atoms with van der Waals surface area (Å²) in [5, 5.41) is 8.91. The first-order valence-corrected chi connectivity index (χ1v) is 12.7. The highest BCUT2D eigenvalue weighted by Gasteiger charge is 2.44. The van der Waals surface area contributed by atoms with E-state index in [1.54, 1.807) is 0 Å². The van der Waals surface area contributed by atoms with Gasteiger partial charge in [-0.1, -0.05) is 5.92 Å². The Bertz CT molecular complexity index is 1140. The number of thiophene rings is 1. The largest absolute Gasteiger partial charge is 0.333 e. The third-order valence-electron chi connectivity index (χ3n) is 5.79. The minimum Gasteiger partial charge on any atom is -0.333 e. The van der Waals surface area contributed by atoms with E-state index in [0.29, 0.717) is 22.8 Å². The first-order chi connectivity index (χ1) is 15.1. The van der Waals surface area contributed by atoms with Crippen molar-refractivity contribution in [1.82, 2.24) is 15.3 Å². The molecule has 3 rings (SSSR count). The van der Waals surface area contributed by atoms with Gasteiger partial charge in [-0.05, 0) is 42.7 Å². The highest BCUT2D eigenvalue weighted by Crippen LogP contribution is 2.32. The number of rotatable bonds is 7. The number of hydrogen-bond donors (Lipinski definition) is 2. The molecule has 2 N–H and O–H groups in total. The Morgan fingerprint density at radius 2 is 2.09 bits per heavy atom. The van der Waals surface area contributed by atoms with E-state index < -0.39 is 20.5 Å². The van der Waals surface area contributed by atoms with Crippen LogP contribution >= 0.6 is 11.3 Å². The molecule has 1 fully saturated rings. The van der Waals surface area contributed by atoms with Gasteiger partial charge in [-0.3, -0.25) is 19.7 Å². The lowest BCUT2D eigenvalue weighted by Gasteiger charge is -2.35. The van der Waals surface area contributed by atoms with Crippen LogP contribution in [0, 0.1) is 29.6 Å². The van der Waals surface area contributed by atoms with E-state index in [1.165, 1.54) is 28.6 Å². The SMILES string of the molecule is C[C@@](CCN1Cc2cc(C#CC#CC3CN(CCF)C3)sc2C1=O)(C(=O)NO)S(C)(=O)=O. The summed E-state index contributed by atoms with van der Waals surface area (Å²) in [5.74, 6) is 10.5. The second-order valence-electron chi connectivity index (χ2n) is 8.05. The first-order valence-electron chi connectivity index (χ1n) is 9.95. The Kier molecular flexibility index (Phi) is 7.25. The summed E-state index contributed by atoms with van der Waals surface area (Å²) in [4.78, 5) is 29.3. The van der Waals surface area contributed by atoms with Gasteiger partial charge in [0.1, 0.15) is 6.67 Å². The van der Waals surface area contributed by atoms with E-state index in [1.807, 2.05) is 11.0 Å². The molecule has 8 nitrogen and oxygen atoms in total. The third kappa shape index (κ3) is 4.97. The molecule has 2 aliphatic heterocycles. The quantitative estimate of drug-likeness (QED) is 0.337. The molecule has 0 aromatic carbocycles. The molecule has 0 radical (unpaired) electrons. The smallest absolute Gasteiger partial charge is 0.264 e. The van der Waals surface area contributed by atoms with Gasteiger partial charge in [-0.15, -0.1) is 11.3 Å². The number of fused-ring (bicyclic) bond motifs is 1. The first kappa shape index (κ1) is 24.2. The second kappa shape index (κ2) is 9.59. The number of nitrogens with zero attached hydrogens (tertiary/aromatic N) is 2. The highest BCUT2D eigenvalue weighted by molar-refractivity contribution is 7.92. The highest BCUT2D eigenvalue weighted by atomic mass is 32.2. The van der Waals surface area contributed by atoms with Crippen molar-refractivity contribution in [1.29, 1.82) is 0 Å². The summed E-state index contributed by atoms with van der Waals surface area (Å²) in [5.41, 5.74) is 2.20. The van der Waals surface area contributed by atoms with Gasteiger partial charge in [0.05, 0.1) is 9.75 Å². The molecule has 1 aromatic heterocycles. The lowest BCUT2D eigenvalue weighted by molar-refractivity contribution is -0.131. The van der Waals surface area contributed by atoms with Gasteiger partial charge in [0.25, 0.3) is 11.8 Å². The molecule has 32 heavy (non-hydrogen) atoms. The van der Waals surface area contributed by atoms with E-state index in [2.05, 4.69) is 23.7 Å². The Balaban J connectivity index is 1.58. The van der Waals surface area contributed by atoms with Crippen LogP contribution in [0.2, 0.25) is 0 Å². The predicted molar refractivity (Wildman–Crippen MR) is 117 cm³/mol. The van der Waals surface area contributed by atoms with Crippen molar-refractivity contribution in [3.05, 3.63) is 21.4 Å². The van der Waals surface area contributed by atoms with Crippen LogP contribution < -0.4 is 5.48 Å². The molecular formula is C21H24FN3O5S2. The molecule has 2 amide bonds. The fourth-order valence-electron chi connectivity index (χ4n) is 3.52. The zero-order valence-electron chi connectivity index (χ0n) is 17.8. The molecule has 3 heterocycles. The number of carbonyl (C=O) groups excluding carboxylic acids is 2. The fourth-order valence-corrected chi connectivity index (χ4v) is 5.36. The summed E-state index contributed by atoms with van der Waals surface area (Å²) in [6.07, 6.45) is 0.773. The molecule has 0 aliphatic carbocycles. The minimum atomic E-state index is -3.83. The van der Waals surface area contributed by atoms with Crippen LogP contribution in [0.4, 0.5) is 4.39 Å². The molecular weight excluding hydrogens is 457 g/mol. The number of alkyl halides is 1. The molecule has 1 aromatic rings. The summed E-state index contributed by atoms with van der Waals surface area (Å²) >= 11 is 1.25. The van der Waals surface area contributed by atoms with Gasteiger partial charge < -0.3 is 4.90 Å². The van der Waals surface area contributed by atoms with Crippen LogP contribution in [-0.2, 0) is 21.2 Å². The molecule has 0 unspecified atom stereocenters. The summed E-state index contributed by atoms with van der Waals surface area (Å²) < 4.78 is 34.5. The van der Waals surface area contributed by atoms with Gasteiger partial charge in [-0.2, -0.15) is 0 Å². The van der Waals surface area contributed by atoms with Crippen molar-refractivity contribution in [3.8, 4) is 23.7 Å². The number of nitrogens with one attached hydrogen (secondary N) is 1. The Morgan fingerprint density at radius 1 is 1.38 bits per heavy atom. The van der Waals surface area contributed by atoms with Crippen LogP contribution in [0.3, 0.4) is 0 Å². The average molecular weight is 482 g/mol. The molecule has 0 saturated carbocycles. The van der Waals surface area contributed by atoms with Crippen molar-refractivity contribution in [3.63, 3.8) is 0 Å². The zero-order chi connectivity index (χ0) is 23.5. The maximum absolute atomic E-state index is 12.7. The van der Waals surface area contributed by atoms with Crippen molar-refractivity contribution in [2.24, 2.45) is 5.92 Å². The van der Waals surface area contributed by atoms with Gasteiger partial charge in [0.15, 0.2) is 14.6 Å². The molecule has 1 saturated heterocycles. The second-order valence-corrected chi connectivity index (χ2v) is 11.5. The summed E-state index contributed by atoms with van der Waals surface area (Å²) in [6.45, 7) is 3.17. The Morgan fingerprint density at radius 3 is 2.69 bits per heavy atom. The Labute approximate surface area is 190 Å². The van der Waals surface area contributed by atoms with Crippen molar-refractivity contribution in [2.45, 2.75) is 24.6 Å². The van der Waals surface area contributed by atoms with Crippen molar-refractivity contribution < 1.29 is 27.6 Å². The standard InChI is InChI=1S/C21H24FN3O5S2/c1-21(20(27)23-28,32(2,29)30)7-9-25-14-16-11-17(31-18(16)19(25)26)6-4-3-5-15-12-24(13-15)10-8-22/h11,15,28H,7-10,12-14H2,1-2H3,(H,23,27)/t21-/m1/s1. The zero-order valence-corrected chi connectivity index (χ0v) is 19.4. The van der Waals surface area contributed by atoms with E-state index in [4.69, 9.17) is 5.21 Å². The number of likely N-dealkylation sites (tertiary alicyclic amines) is 1. The van der Waals surface area contributed by atoms with Gasteiger partial charge in [-0.25, -0.2) is 18.3 Å². The van der Waals surface area contributed by atoms with Crippen LogP contribution in [0.25, 0.3) is 0 Å². The molecule has 1 atom stereocenters. The molecule has 0 bridgehead atoms. The van der Waals surface area contributed by atoms with E-state index in [-0.39, 0.29) is 31.5 Å². The van der Waals surface area contributed by atoms with Crippen LogP contribution in [-0.4, -0.2) is 79.1 Å². The van der Waals surface area contributed by atoms with Crippen molar-refractivity contribution >= 4 is 33.0 Å². The molecule has 2 aliphatic rings. The lowest BCUT2D eigenvalue weighted by Crippen LogP contribution is -2.50. The molecule has 0 spiro atoms. The number of sulfone groups is 1.